The zero-order valence-electron chi connectivity index (χ0n) is 10.7. The highest BCUT2D eigenvalue weighted by molar-refractivity contribution is 5.94. The molecule has 0 aliphatic carbocycles. The molecule has 0 aromatic heterocycles. The molecular formula is C12H24N4. The molecule has 0 aliphatic heterocycles. The van der Waals surface area contributed by atoms with Crippen LogP contribution < -0.4 is 11.1 Å². The Morgan fingerprint density at radius 3 is 2.50 bits per heavy atom. The van der Waals surface area contributed by atoms with E-state index in [1.807, 2.05) is 13.8 Å². The Morgan fingerprint density at radius 1 is 1.25 bits per heavy atom. The summed E-state index contributed by atoms with van der Waals surface area (Å²) in [5, 5.41) is 2.98. The van der Waals surface area contributed by atoms with Crippen molar-refractivity contribution in [3.05, 3.63) is 12.3 Å². The molecule has 0 aromatic carbocycles. The van der Waals surface area contributed by atoms with Crippen molar-refractivity contribution in [2.24, 2.45) is 15.7 Å². The quantitative estimate of drug-likeness (QED) is 0.413. The number of aliphatic imine (C=N–C) groups is 2. The molecule has 0 amide bonds. The van der Waals surface area contributed by atoms with Gasteiger partial charge in [-0.25, -0.2) is 4.99 Å². The number of nitrogens with one attached hydrogen (secondary N) is 1. The second kappa shape index (κ2) is 8.95. The number of allylic oxidation sites excluding steroid dienone is 1. The van der Waals surface area contributed by atoms with E-state index in [4.69, 9.17) is 5.73 Å². The fourth-order valence-electron chi connectivity index (χ4n) is 1.28. The average Bonchev–Trinajstić information content (AvgIpc) is 2.15. The van der Waals surface area contributed by atoms with E-state index in [0.717, 1.165) is 24.5 Å². The third-order valence-corrected chi connectivity index (χ3v) is 1.96. The Morgan fingerprint density at radius 2 is 1.94 bits per heavy atom. The summed E-state index contributed by atoms with van der Waals surface area (Å²) < 4.78 is 0. The summed E-state index contributed by atoms with van der Waals surface area (Å²) in [5.74, 6) is 1.06. The van der Waals surface area contributed by atoms with E-state index in [2.05, 4.69) is 28.8 Å². The van der Waals surface area contributed by atoms with E-state index in [1.54, 1.807) is 0 Å². The summed E-state index contributed by atoms with van der Waals surface area (Å²) in [6, 6.07) is 0. The molecule has 0 saturated carbocycles. The summed E-state index contributed by atoms with van der Waals surface area (Å²) in [7, 11) is 0. The zero-order chi connectivity index (χ0) is 12.4. The standard InChI is InChI=1S/C12H24N4/c1-5-6-7-8-9-14-12(13)16-11(4)15-10(2)3/h2,5-9H2,1,3-4H3,(H3,13,14,15,16). The minimum Gasteiger partial charge on any atom is -0.368 e. The smallest absolute Gasteiger partial charge is 0.216 e. The van der Waals surface area contributed by atoms with Crippen molar-refractivity contribution in [2.45, 2.75) is 46.5 Å². The van der Waals surface area contributed by atoms with Gasteiger partial charge in [0.1, 0.15) is 5.84 Å². The SMILES string of the molecule is C=C(C)NC(C)=NC(N)=NCCCCCC. The maximum atomic E-state index is 5.66. The summed E-state index contributed by atoms with van der Waals surface area (Å²) in [6.45, 7) is 10.4. The van der Waals surface area contributed by atoms with Crippen LogP contribution in [0.5, 0.6) is 0 Å². The van der Waals surface area contributed by atoms with Crippen LogP contribution in [0, 0.1) is 0 Å². The third-order valence-electron chi connectivity index (χ3n) is 1.96. The van der Waals surface area contributed by atoms with E-state index in [1.165, 1.54) is 19.3 Å². The molecule has 16 heavy (non-hydrogen) atoms. The molecule has 0 atom stereocenters. The second-order valence-electron chi connectivity index (χ2n) is 3.90. The average molecular weight is 224 g/mol. The summed E-state index contributed by atoms with van der Waals surface area (Å²) in [4.78, 5) is 8.29. The monoisotopic (exact) mass is 224 g/mol. The molecule has 0 radical (unpaired) electrons. The molecular weight excluding hydrogens is 200 g/mol. The van der Waals surface area contributed by atoms with E-state index >= 15 is 0 Å². The van der Waals surface area contributed by atoms with Crippen LogP contribution in [-0.2, 0) is 0 Å². The molecule has 0 fully saturated rings. The third kappa shape index (κ3) is 9.24. The fraction of sp³-hybridized carbons (Fsp3) is 0.667. The first-order chi connectivity index (χ1) is 7.56. The maximum Gasteiger partial charge on any atom is 0.216 e. The first-order valence-electron chi connectivity index (χ1n) is 5.84. The molecule has 3 N–H and O–H groups in total. The Balaban J connectivity index is 3.89. The lowest BCUT2D eigenvalue weighted by Crippen LogP contribution is -2.21. The van der Waals surface area contributed by atoms with Gasteiger partial charge in [0.25, 0.3) is 0 Å². The van der Waals surface area contributed by atoms with Gasteiger partial charge in [0, 0.05) is 12.2 Å². The highest BCUT2D eigenvalue weighted by atomic mass is 15.1. The molecule has 0 heterocycles. The Hall–Kier alpha value is -1.32. The van der Waals surface area contributed by atoms with Crippen LogP contribution in [0.25, 0.3) is 0 Å². The highest BCUT2D eigenvalue weighted by Gasteiger charge is 1.92. The largest absolute Gasteiger partial charge is 0.368 e. The highest BCUT2D eigenvalue weighted by Crippen LogP contribution is 1.98. The van der Waals surface area contributed by atoms with Gasteiger partial charge in [-0.3, -0.25) is 4.99 Å². The lowest BCUT2D eigenvalue weighted by Gasteiger charge is -2.03. The summed E-state index contributed by atoms with van der Waals surface area (Å²) in [6.07, 6.45) is 4.78. The molecule has 4 nitrogen and oxygen atoms in total. The molecule has 0 spiro atoms. The van der Waals surface area contributed by atoms with Gasteiger partial charge in [-0.05, 0) is 20.3 Å². The van der Waals surface area contributed by atoms with Crippen molar-refractivity contribution in [1.82, 2.24) is 5.32 Å². The minimum absolute atomic E-state index is 0.336. The van der Waals surface area contributed by atoms with Crippen LogP contribution in [0.4, 0.5) is 0 Å². The zero-order valence-corrected chi connectivity index (χ0v) is 10.7. The van der Waals surface area contributed by atoms with Crippen molar-refractivity contribution in [3.8, 4) is 0 Å². The van der Waals surface area contributed by atoms with Crippen LogP contribution in [0.2, 0.25) is 0 Å². The van der Waals surface area contributed by atoms with Gasteiger partial charge >= 0.3 is 0 Å². The van der Waals surface area contributed by atoms with Gasteiger partial charge in [0.15, 0.2) is 0 Å². The van der Waals surface area contributed by atoms with Crippen molar-refractivity contribution in [2.75, 3.05) is 6.54 Å². The number of nitrogens with zero attached hydrogens (tertiary/aromatic N) is 2. The predicted octanol–water partition coefficient (Wildman–Crippen LogP) is 2.42. The summed E-state index contributed by atoms with van der Waals surface area (Å²) >= 11 is 0. The molecule has 0 aromatic rings. The lowest BCUT2D eigenvalue weighted by atomic mass is 10.2. The van der Waals surface area contributed by atoms with E-state index in [0.29, 0.717) is 5.96 Å². The number of guanidine groups is 1. The van der Waals surface area contributed by atoms with Crippen molar-refractivity contribution in [1.29, 1.82) is 0 Å². The van der Waals surface area contributed by atoms with Crippen LogP contribution in [-0.4, -0.2) is 18.3 Å². The van der Waals surface area contributed by atoms with Gasteiger partial charge in [0.2, 0.25) is 5.96 Å². The molecule has 0 bridgehead atoms. The van der Waals surface area contributed by atoms with Crippen LogP contribution in [0.1, 0.15) is 46.5 Å². The molecule has 0 rings (SSSR count). The fourth-order valence-corrected chi connectivity index (χ4v) is 1.28. The van der Waals surface area contributed by atoms with E-state index in [-0.39, 0.29) is 0 Å². The molecule has 92 valence electrons. The topological polar surface area (TPSA) is 62.8 Å². The molecule has 4 heteroatoms. The Bertz CT molecular complexity index is 266. The molecule has 0 unspecified atom stereocenters. The lowest BCUT2D eigenvalue weighted by molar-refractivity contribution is 0.674. The van der Waals surface area contributed by atoms with Crippen LogP contribution >= 0.6 is 0 Å². The van der Waals surface area contributed by atoms with Gasteiger partial charge < -0.3 is 11.1 Å². The first-order valence-corrected chi connectivity index (χ1v) is 5.84. The number of hydrogen-bond acceptors (Lipinski definition) is 1. The van der Waals surface area contributed by atoms with Gasteiger partial charge in [-0.1, -0.05) is 32.8 Å². The molecule has 0 aliphatic rings. The van der Waals surface area contributed by atoms with Gasteiger partial charge in [0.05, 0.1) is 0 Å². The number of unbranched alkanes of at least 4 members (excludes halogenated alkanes) is 3. The number of hydrogen-bond donors (Lipinski definition) is 2. The number of nitrogens with two attached hydrogens (primary N) is 1. The first kappa shape index (κ1) is 14.7. The molecule has 0 saturated heterocycles. The minimum atomic E-state index is 0.336. The Labute approximate surface area is 98.7 Å². The number of rotatable bonds is 6. The van der Waals surface area contributed by atoms with Gasteiger partial charge in [-0.15, -0.1) is 0 Å². The number of amidine groups is 1. The van der Waals surface area contributed by atoms with Crippen molar-refractivity contribution < 1.29 is 0 Å². The predicted molar refractivity (Wildman–Crippen MR) is 71.7 cm³/mol. The normalized spacial score (nSPS) is 12.7. The second-order valence-corrected chi connectivity index (χ2v) is 3.90. The van der Waals surface area contributed by atoms with Crippen LogP contribution in [0.3, 0.4) is 0 Å². The summed E-state index contributed by atoms with van der Waals surface area (Å²) in [5.41, 5.74) is 6.50. The van der Waals surface area contributed by atoms with E-state index in [9.17, 15) is 0 Å². The maximum absolute atomic E-state index is 5.66. The van der Waals surface area contributed by atoms with Gasteiger partial charge in [-0.2, -0.15) is 0 Å². The van der Waals surface area contributed by atoms with Crippen molar-refractivity contribution in [3.63, 3.8) is 0 Å². The van der Waals surface area contributed by atoms with Crippen LogP contribution in [0.15, 0.2) is 22.3 Å². The van der Waals surface area contributed by atoms with E-state index < -0.39 is 0 Å². The van der Waals surface area contributed by atoms with Crippen molar-refractivity contribution >= 4 is 11.8 Å². The Kier molecular flexibility index (Phi) is 8.21.